The molecule has 0 fully saturated rings. The normalized spacial score (nSPS) is 11.6. The number of ether oxygens (including phenoxy) is 1. The molecule has 1 atom stereocenters. The van der Waals surface area contributed by atoms with Gasteiger partial charge in [-0.05, 0) is 37.1 Å². The smallest absolute Gasteiger partial charge is 0.341 e. The Kier molecular flexibility index (Phi) is 7.83. The molecule has 0 radical (unpaired) electrons. The Morgan fingerprint density at radius 3 is 2.24 bits per heavy atom. The summed E-state index contributed by atoms with van der Waals surface area (Å²) in [6.07, 6.45) is 0. The van der Waals surface area contributed by atoms with Crippen molar-refractivity contribution in [1.29, 1.82) is 0 Å². The molecule has 6 heteroatoms. The van der Waals surface area contributed by atoms with Crippen molar-refractivity contribution in [3.05, 3.63) is 107 Å². The lowest BCUT2D eigenvalue weighted by Gasteiger charge is -2.17. The minimum atomic E-state index is -0.483. The Balaban J connectivity index is 1.68. The van der Waals surface area contributed by atoms with Crippen LogP contribution in [0.15, 0.2) is 95.2 Å². The minimum Gasteiger partial charge on any atom is -0.462 e. The van der Waals surface area contributed by atoms with E-state index in [0.29, 0.717) is 10.6 Å². The van der Waals surface area contributed by atoms with E-state index in [1.807, 2.05) is 97.2 Å². The van der Waals surface area contributed by atoms with Gasteiger partial charge in [0.2, 0.25) is 5.91 Å². The Hall–Kier alpha value is -3.35. The topological polar surface area (TPSA) is 55.4 Å². The van der Waals surface area contributed by atoms with Crippen molar-refractivity contribution in [3.63, 3.8) is 0 Å². The third-order valence-electron chi connectivity index (χ3n) is 5.21. The molecule has 0 aliphatic rings. The molecule has 4 nitrogen and oxygen atoms in total. The first kappa shape index (κ1) is 23.8. The molecular weight excluding hydrogens is 462 g/mol. The third-order valence-corrected chi connectivity index (χ3v) is 7.37. The van der Waals surface area contributed by atoms with Gasteiger partial charge in [0.15, 0.2) is 0 Å². The lowest BCUT2D eigenvalue weighted by atomic mass is 10.0. The summed E-state index contributed by atoms with van der Waals surface area (Å²) in [7, 11) is 0. The van der Waals surface area contributed by atoms with Gasteiger partial charge in [-0.25, -0.2) is 4.79 Å². The van der Waals surface area contributed by atoms with Gasteiger partial charge in [-0.2, -0.15) is 0 Å². The first-order chi connectivity index (χ1) is 16.6. The van der Waals surface area contributed by atoms with Crippen molar-refractivity contribution in [1.82, 2.24) is 0 Å². The largest absolute Gasteiger partial charge is 0.462 e. The van der Waals surface area contributed by atoms with E-state index in [0.717, 1.165) is 27.1 Å². The summed E-state index contributed by atoms with van der Waals surface area (Å²) in [4.78, 5) is 27.5. The molecule has 1 aromatic heterocycles. The molecule has 1 heterocycles. The Morgan fingerprint density at radius 1 is 0.941 bits per heavy atom. The molecule has 34 heavy (non-hydrogen) atoms. The van der Waals surface area contributed by atoms with Gasteiger partial charge in [0.05, 0.1) is 6.61 Å². The van der Waals surface area contributed by atoms with Crippen LogP contribution in [0.2, 0.25) is 0 Å². The maximum atomic E-state index is 13.6. The molecule has 0 bridgehead atoms. The number of rotatable bonds is 8. The summed E-state index contributed by atoms with van der Waals surface area (Å²) >= 11 is 2.81. The van der Waals surface area contributed by atoms with Crippen LogP contribution in [-0.4, -0.2) is 18.5 Å². The van der Waals surface area contributed by atoms with Gasteiger partial charge in [0, 0.05) is 15.8 Å². The van der Waals surface area contributed by atoms with Crippen LogP contribution in [0.5, 0.6) is 0 Å². The molecule has 4 aromatic rings. The molecule has 0 aliphatic heterocycles. The lowest BCUT2D eigenvalue weighted by molar-refractivity contribution is -0.115. The molecule has 1 amide bonds. The van der Waals surface area contributed by atoms with E-state index in [2.05, 4.69) is 5.32 Å². The second-order valence-corrected chi connectivity index (χ2v) is 9.71. The molecule has 4 rings (SSSR count). The maximum absolute atomic E-state index is 13.6. The van der Waals surface area contributed by atoms with Gasteiger partial charge in [-0.1, -0.05) is 78.4 Å². The summed E-state index contributed by atoms with van der Waals surface area (Å²) in [6, 6.07) is 27.4. The minimum absolute atomic E-state index is 0.192. The number of aryl methyl sites for hydroxylation is 1. The van der Waals surface area contributed by atoms with Crippen LogP contribution in [0, 0.1) is 6.92 Å². The molecule has 1 unspecified atom stereocenters. The first-order valence-electron chi connectivity index (χ1n) is 11.0. The summed E-state index contributed by atoms with van der Waals surface area (Å²) in [6.45, 7) is 4.05. The highest BCUT2D eigenvalue weighted by molar-refractivity contribution is 8.00. The molecule has 0 saturated carbocycles. The molecule has 172 valence electrons. The van der Waals surface area contributed by atoms with Crippen molar-refractivity contribution in [2.45, 2.75) is 24.0 Å². The summed E-state index contributed by atoms with van der Waals surface area (Å²) < 4.78 is 5.35. The number of hydrogen-bond donors (Lipinski definition) is 1. The van der Waals surface area contributed by atoms with E-state index in [9.17, 15) is 9.59 Å². The molecule has 0 spiro atoms. The molecular formula is C28H25NO3S2. The zero-order chi connectivity index (χ0) is 23.9. The van der Waals surface area contributed by atoms with Crippen molar-refractivity contribution >= 4 is 40.0 Å². The zero-order valence-electron chi connectivity index (χ0n) is 19.0. The van der Waals surface area contributed by atoms with Crippen molar-refractivity contribution in [2.75, 3.05) is 11.9 Å². The van der Waals surface area contributed by atoms with Crippen molar-refractivity contribution in [3.8, 4) is 11.1 Å². The number of carbonyl (C=O) groups is 2. The number of nitrogens with one attached hydrogen (secondary N) is 1. The van der Waals surface area contributed by atoms with Crippen LogP contribution in [0.4, 0.5) is 5.00 Å². The standard InChI is InChI=1S/C28H25NO3S2/c1-3-32-28(31)24-23(20-16-14-19(2)15-17-20)18-33-27(24)29-26(30)25(21-10-6-4-7-11-21)34-22-12-8-5-9-13-22/h4-18,25H,3H2,1-2H3,(H,29,30). The average molecular weight is 488 g/mol. The highest BCUT2D eigenvalue weighted by Crippen LogP contribution is 2.40. The van der Waals surface area contributed by atoms with Crippen LogP contribution in [-0.2, 0) is 9.53 Å². The fourth-order valence-corrected chi connectivity index (χ4v) is 5.52. The number of amides is 1. The van der Waals surface area contributed by atoms with Crippen LogP contribution >= 0.6 is 23.1 Å². The van der Waals surface area contributed by atoms with Gasteiger partial charge >= 0.3 is 5.97 Å². The fraction of sp³-hybridized carbons (Fsp3) is 0.143. The van der Waals surface area contributed by atoms with Crippen molar-refractivity contribution < 1.29 is 14.3 Å². The lowest BCUT2D eigenvalue weighted by Crippen LogP contribution is -2.20. The van der Waals surface area contributed by atoms with E-state index in [1.165, 1.54) is 23.1 Å². The van der Waals surface area contributed by atoms with Gasteiger partial charge in [0.25, 0.3) is 0 Å². The van der Waals surface area contributed by atoms with E-state index >= 15 is 0 Å². The molecule has 0 aliphatic carbocycles. The Bertz CT molecular complexity index is 1250. The van der Waals surface area contributed by atoms with Crippen LogP contribution in [0.1, 0.15) is 33.7 Å². The number of hydrogen-bond acceptors (Lipinski definition) is 5. The number of thiophene rings is 1. The Morgan fingerprint density at radius 2 is 1.59 bits per heavy atom. The summed E-state index contributed by atoms with van der Waals surface area (Å²) in [5.41, 5.74) is 4.07. The summed E-state index contributed by atoms with van der Waals surface area (Å²) in [5.74, 6) is -0.635. The van der Waals surface area contributed by atoms with E-state index in [4.69, 9.17) is 4.74 Å². The van der Waals surface area contributed by atoms with Gasteiger partial charge < -0.3 is 10.1 Å². The molecule has 3 aromatic carbocycles. The van der Waals surface area contributed by atoms with Crippen LogP contribution in [0.3, 0.4) is 0 Å². The predicted molar refractivity (Wildman–Crippen MR) is 141 cm³/mol. The predicted octanol–water partition coefficient (Wildman–Crippen LogP) is 7.37. The highest BCUT2D eigenvalue weighted by atomic mass is 32.2. The second-order valence-electron chi connectivity index (χ2n) is 7.65. The summed E-state index contributed by atoms with van der Waals surface area (Å²) in [5, 5.41) is 4.94. The highest BCUT2D eigenvalue weighted by Gasteiger charge is 2.27. The van der Waals surface area contributed by atoms with Gasteiger partial charge in [-0.3, -0.25) is 4.79 Å². The number of benzene rings is 3. The number of esters is 1. The Labute approximate surface area is 208 Å². The number of thioether (sulfide) groups is 1. The average Bonchev–Trinajstić information content (AvgIpc) is 3.27. The molecule has 0 saturated heterocycles. The van der Waals surface area contributed by atoms with Gasteiger partial charge in [-0.15, -0.1) is 23.1 Å². The zero-order valence-corrected chi connectivity index (χ0v) is 20.6. The SMILES string of the molecule is CCOC(=O)c1c(-c2ccc(C)cc2)csc1NC(=O)C(Sc1ccccc1)c1ccccc1. The first-order valence-corrected chi connectivity index (χ1v) is 12.8. The third kappa shape index (κ3) is 5.58. The van der Waals surface area contributed by atoms with Crippen molar-refractivity contribution in [2.24, 2.45) is 0 Å². The van der Waals surface area contributed by atoms with Crippen LogP contribution in [0.25, 0.3) is 11.1 Å². The molecule has 1 N–H and O–H groups in total. The van der Waals surface area contributed by atoms with Crippen LogP contribution < -0.4 is 5.32 Å². The number of anilines is 1. The fourth-order valence-electron chi connectivity index (χ4n) is 3.51. The van der Waals surface area contributed by atoms with E-state index < -0.39 is 11.2 Å². The van der Waals surface area contributed by atoms with E-state index in [-0.39, 0.29) is 12.5 Å². The second kappa shape index (κ2) is 11.2. The number of carbonyl (C=O) groups excluding carboxylic acids is 2. The monoisotopic (exact) mass is 487 g/mol. The quantitative estimate of drug-likeness (QED) is 0.208. The van der Waals surface area contributed by atoms with Gasteiger partial charge in [0.1, 0.15) is 15.8 Å². The maximum Gasteiger partial charge on any atom is 0.341 e. The van der Waals surface area contributed by atoms with E-state index in [1.54, 1.807) is 6.92 Å².